The zero-order valence-electron chi connectivity index (χ0n) is 10.1. The van der Waals surface area contributed by atoms with Gasteiger partial charge in [0.25, 0.3) is 5.91 Å². The van der Waals surface area contributed by atoms with Crippen LogP contribution < -0.4 is 5.32 Å². The average Bonchev–Trinajstić information content (AvgIpc) is 2.91. The van der Waals surface area contributed by atoms with Crippen molar-refractivity contribution in [2.75, 3.05) is 6.54 Å². The van der Waals surface area contributed by atoms with Crippen molar-refractivity contribution in [2.24, 2.45) is 0 Å². The second kappa shape index (κ2) is 6.33. The van der Waals surface area contributed by atoms with Crippen LogP contribution in [0.5, 0.6) is 0 Å². The molecule has 2 aromatic rings. The second-order valence-corrected chi connectivity index (χ2v) is 4.42. The summed E-state index contributed by atoms with van der Waals surface area (Å²) in [5, 5.41) is 10.2. The third-order valence-electron chi connectivity index (χ3n) is 2.53. The van der Waals surface area contributed by atoms with E-state index >= 15 is 0 Å². The fourth-order valence-electron chi connectivity index (χ4n) is 1.55. The lowest BCUT2D eigenvalue weighted by molar-refractivity contribution is 0.0952. The molecule has 1 amide bonds. The first-order valence-corrected chi connectivity index (χ1v) is 6.22. The van der Waals surface area contributed by atoms with E-state index in [2.05, 4.69) is 28.3 Å². The van der Waals surface area contributed by atoms with Gasteiger partial charge in [-0.25, -0.2) is 4.39 Å². The number of benzene rings is 1. The lowest BCUT2D eigenvalue weighted by atomic mass is 10.2. The molecule has 0 saturated heterocycles. The van der Waals surface area contributed by atoms with E-state index in [1.165, 1.54) is 18.2 Å². The number of nitrogens with one attached hydrogen (secondary N) is 1. The van der Waals surface area contributed by atoms with Crippen LogP contribution in [0, 0.1) is 5.82 Å². The Kier molecular flexibility index (Phi) is 4.51. The minimum absolute atomic E-state index is 0.162. The summed E-state index contributed by atoms with van der Waals surface area (Å²) in [5.74, 6) is -0.681. The van der Waals surface area contributed by atoms with Crippen LogP contribution >= 0.6 is 12.6 Å². The molecule has 0 spiro atoms. The van der Waals surface area contributed by atoms with Gasteiger partial charge in [-0.3, -0.25) is 9.48 Å². The number of aromatic nitrogens is 3. The quantitative estimate of drug-likeness (QED) is 0.645. The molecule has 1 aromatic heterocycles. The molecule has 1 aromatic carbocycles. The molecule has 0 radical (unpaired) electrons. The Morgan fingerprint density at radius 1 is 1.47 bits per heavy atom. The Balaban J connectivity index is 1.79. The van der Waals surface area contributed by atoms with Gasteiger partial charge < -0.3 is 5.32 Å². The third-order valence-corrected chi connectivity index (χ3v) is 2.87. The van der Waals surface area contributed by atoms with Gasteiger partial charge in [-0.2, -0.15) is 0 Å². The van der Waals surface area contributed by atoms with E-state index in [0.717, 1.165) is 6.42 Å². The Labute approximate surface area is 115 Å². The zero-order chi connectivity index (χ0) is 13.7. The number of thiol groups is 1. The van der Waals surface area contributed by atoms with Crippen LogP contribution in [0.15, 0.2) is 35.5 Å². The molecule has 0 atom stereocenters. The van der Waals surface area contributed by atoms with E-state index in [1.54, 1.807) is 17.1 Å². The van der Waals surface area contributed by atoms with Gasteiger partial charge in [0.15, 0.2) is 0 Å². The van der Waals surface area contributed by atoms with E-state index in [-0.39, 0.29) is 10.8 Å². The van der Waals surface area contributed by atoms with Crippen molar-refractivity contribution in [3.8, 4) is 0 Å². The van der Waals surface area contributed by atoms with E-state index in [1.807, 2.05) is 0 Å². The number of rotatable bonds is 5. The van der Waals surface area contributed by atoms with Gasteiger partial charge in [0.2, 0.25) is 0 Å². The van der Waals surface area contributed by atoms with Crippen molar-refractivity contribution < 1.29 is 9.18 Å². The Morgan fingerprint density at radius 3 is 3.00 bits per heavy atom. The van der Waals surface area contributed by atoms with Gasteiger partial charge in [-0.1, -0.05) is 5.21 Å². The van der Waals surface area contributed by atoms with Crippen LogP contribution in [0.25, 0.3) is 0 Å². The van der Waals surface area contributed by atoms with Gasteiger partial charge in [-0.15, -0.1) is 17.7 Å². The van der Waals surface area contributed by atoms with Gasteiger partial charge >= 0.3 is 0 Å². The van der Waals surface area contributed by atoms with Crippen LogP contribution in [-0.4, -0.2) is 27.4 Å². The molecule has 0 unspecified atom stereocenters. The number of carbonyl (C=O) groups is 1. The number of hydrogen-bond donors (Lipinski definition) is 2. The first-order valence-electron chi connectivity index (χ1n) is 5.77. The normalized spacial score (nSPS) is 10.4. The van der Waals surface area contributed by atoms with E-state index in [0.29, 0.717) is 18.7 Å². The van der Waals surface area contributed by atoms with Crippen molar-refractivity contribution in [2.45, 2.75) is 17.9 Å². The lowest BCUT2D eigenvalue weighted by Gasteiger charge is -2.06. The van der Waals surface area contributed by atoms with Crippen LogP contribution in [0.2, 0.25) is 0 Å². The van der Waals surface area contributed by atoms with Crippen molar-refractivity contribution in [3.63, 3.8) is 0 Å². The molecule has 1 heterocycles. The Hall–Kier alpha value is -1.89. The monoisotopic (exact) mass is 280 g/mol. The number of carbonyl (C=O) groups excluding carboxylic acids is 1. The number of nitrogens with zero attached hydrogens (tertiary/aromatic N) is 3. The summed E-state index contributed by atoms with van der Waals surface area (Å²) in [6.45, 7) is 1.19. The molecular formula is C12H13FN4OS. The van der Waals surface area contributed by atoms with Crippen LogP contribution in [0.1, 0.15) is 16.8 Å². The molecule has 0 aliphatic heterocycles. The maximum atomic E-state index is 13.0. The fraction of sp³-hybridized carbons (Fsp3) is 0.250. The van der Waals surface area contributed by atoms with E-state index in [9.17, 15) is 9.18 Å². The van der Waals surface area contributed by atoms with Gasteiger partial charge in [0.05, 0.1) is 6.20 Å². The van der Waals surface area contributed by atoms with Crippen molar-refractivity contribution in [1.82, 2.24) is 20.3 Å². The number of halogens is 1. The molecule has 7 heteroatoms. The first-order chi connectivity index (χ1) is 9.16. The highest BCUT2D eigenvalue weighted by Gasteiger charge is 2.07. The smallest absolute Gasteiger partial charge is 0.251 e. The molecule has 5 nitrogen and oxygen atoms in total. The van der Waals surface area contributed by atoms with E-state index < -0.39 is 5.82 Å². The largest absolute Gasteiger partial charge is 0.352 e. The third kappa shape index (κ3) is 3.78. The van der Waals surface area contributed by atoms with Crippen molar-refractivity contribution in [1.29, 1.82) is 0 Å². The lowest BCUT2D eigenvalue weighted by Crippen LogP contribution is -2.25. The molecule has 0 saturated carbocycles. The average molecular weight is 280 g/mol. The summed E-state index contributed by atoms with van der Waals surface area (Å²) in [5.41, 5.74) is 0.396. The maximum Gasteiger partial charge on any atom is 0.251 e. The molecule has 1 N–H and O–H groups in total. The van der Waals surface area contributed by atoms with E-state index in [4.69, 9.17) is 0 Å². The maximum absolute atomic E-state index is 13.0. The van der Waals surface area contributed by atoms with Crippen LogP contribution in [0.4, 0.5) is 4.39 Å². The Bertz CT molecular complexity index is 559. The number of aryl methyl sites for hydroxylation is 1. The summed E-state index contributed by atoms with van der Waals surface area (Å²) in [7, 11) is 0. The highest BCUT2D eigenvalue weighted by molar-refractivity contribution is 7.80. The molecule has 0 aliphatic rings. The predicted octanol–water partition coefficient (Wildman–Crippen LogP) is 1.53. The number of amides is 1. The van der Waals surface area contributed by atoms with Crippen molar-refractivity contribution >= 4 is 18.5 Å². The summed E-state index contributed by atoms with van der Waals surface area (Å²) in [4.78, 5) is 11.9. The summed E-state index contributed by atoms with van der Waals surface area (Å²) >= 11 is 3.94. The highest BCUT2D eigenvalue weighted by Crippen LogP contribution is 2.13. The zero-order valence-corrected chi connectivity index (χ0v) is 11.0. The van der Waals surface area contributed by atoms with Crippen LogP contribution in [0.3, 0.4) is 0 Å². The molecule has 0 aliphatic carbocycles. The number of hydrogen-bond acceptors (Lipinski definition) is 4. The highest BCUT2D eigenvalue weighted by atomic mass is 32.1. The van der Waals surface area contributed by atoms with Gasteiger partial charge in [0.1, 0.15) is 5.82 Å². The second-order valence-electron chi connectivity index (χ2n) is 3.94. The molecule has 100 valence electrons. The summed E-state index contributed by atoms with van der Waals surface area (Å²) < 4.78 is 14.7. The SMILES string of the molecule is O=C(NCCCn1ccnn1)c1ccc(F)c(S)c1. The van der Waals surface area contributed by atoms with Crippen molar-refractivity contribution in [3.05, 3.63) is 42.0 Å². The molecule has 2 rings (SSSR count). The first kappa shape index (κ1) is 13.5. The summed E-state index contributed by atoms with van der Waals surface area (Å²) in [6.07, 6.45) is 4.10. The molecular weight excluding hydrogens is 267 g/mol. The molecule has 19 heavy (non-hydrogen) atoms. The minimum Gasteiger partial charge on any atom is -0.352 e. The minimum atomic E-state index is -0.439. The summed E-state index contributed by atoms with van der Waals surface area (Å²) in [6, 6.07) is 4.07. The Morgan fingerprint density at radius 2 is 2.32 bits per heavy atom. The standard InChI is InChI=1S/C12H13FN4OS/c13-10-3-2-9(8-11(10)19)12(18)14-4-1-6-17-7-5-15-16-17/h2-3,5,7-8,19H,1,4,6H2,(H,14,18). The molecule has 0 fully saturated rings. The van der Waals surface area contributed by atoms with Gasteiger partial charge in [0, 0.05) is 29.7 Å². The van der Waals surface area contributed by atoms with Gasteiger partial charge in [-0.05, 0) is 24.6 Å². The predicted molar refractivity (Wildman–Crippen MR) is 70.6 cm³/mol. The molecule has 0 bridgehead atoms. The fourth-order valence-corrected chi connectivity index (χ4v) is 1.76. The topological polar surface area (TPSA) is 59.8 Å². The van der Waals surface area contributed by atoms with Crippen LogP contribution in [-0.2, 0) is 6.54 Å².